The maximum Gasteiger partial charge on any atom is 0.317 e. The van der Waals surface area contributed by atoms with Crippen LogP contribution in [0, 0.1) is 57.3 Å². The summed E-state index contributed by atoms with van der Waals surface area (Å²) in [5.41, 5.74) is -0.589. The van der Waals surface area contributed by atoms with E-state index in [1.807, 2.05) is 30.9 Å². The lowest BCUT2D eigenvalue weighted by atomic mass is 9.35. The van der Waals surface area contributed by atoms with Crippen LogP contribution >= 0.6 is 0 Å². The summed E-state index contributed by atoms with van der Waals surface area (Å²) in [5.74, 6) is 0.748. The number of rotatable bonds is 1. The molecule has 0 bridgehead atoms. The largest absolute Gasteiger partial charge is 0.332 e. The number of likely N-dealkylation sites (tertiary alicyclic amines) is 1. The van der Waals surface area contributed by atoms with Gasteiger partial charge in [-0.05, 0) is 97.9 Å². The summed E-state index contributed by atoms with van der Waals surface area (Å²) in [5, 5.41) is 3.63. The summed E-state index contributed by atoms with van der Waals surface area (Å²) in [6.45, 7) is 27.3. The predicted octanol–water partition coefficient (Wildman–Crippen LogP) is 7.75. The highest BCUT2D eigenvalue weighted by Crippen LogP contribution is 2.73. The van der Waals surface area contributed by atoms with Crippen molar-refractivity contribution in [3.8, 4) is 0 Å². The zero-order chi connectivity index (χ0) is 31.4. The topological polar surface area (TPSA) is 70.8 Å². The van der Waals surface area contributed by atoms with Gasteiger partial charge in [-0.15, -0.1) is 0 Å². The lowest BCUT2D eigenvalue weighted by molar-refractivity contribution is -0.160. The summed E-state index contributed by atoms with van der Waals surface area (Å²) in [6, 6.07) is 0.0600. The first-order chi connectivity index (χ1) is 19.9. The van der Waals surface area contributed by atoms with Gasteiger partial charge in [-0.2, -0.15) is 0 Å². The van der Waals surface area contributed by atoms with Gasteiger partial charge in [0.05, 0.1) is 6.57 Å². The summed E-state index contributed by atoms with van der Waals surface area (Å²) in [6.07, 6.45) is 12.5. The van der Waals surface area contributed by atoms with Crippen LogP contribution in [0.25, 0.3) is 4.85 Å². The fraction of sp³-hybridized carbons (Fsp3) is 0.784. The summed E-state index contributed by atoms with van der Waals surface area (Å²) in [4.78, 5) is 47.6. The average molecular weight is 588 g/mol. The van der Waals surface area contributed by atoms with Crippen molar-refractivity contribution in [3.63, 3.8) is 0 Å². The molecule has 1 aliphatic heterocycles. The highest BCUT2D eigenvalue weighted by atomic mass is 16.2. The number of amides is 2. The normalized spacial score (nSPS) is 43.6. The zero-order valence-corrected chi connectivity index (χ0v) is 27.9. The number of carbonyl (C=O) groups excluding carboxylic acids is 3. The molecule has 1 saturated heterocycles. The second-order valence-corrected chi connectivity index (χ2v) is 17.5. The van der Waals surface area contributed by atoms with Gasteiger partial charge in [-0.1, -0.05) is 67.0 Å². The van der Waals surface area contributed by atoms with Gasteiger partial charge >= 0.3 is 6.03 Å². The molecular formula is C37H53N3O3. The van der Waals surface area contributed by atoms with Crippen LogP contribution in [-0.2, 0) is 9.59 Å². The Hall–Kier alpha value is -2.42. The van der Waals surface area contributed by atoms with E-state index in [0.717, 1.165) is 76.5 Å². The maximum atomic E-state index is 14.7. The highest BCUT2D eigenvalue weighted by molar-refractivity contribution is 6.03. The second kappa shape index (κ2) is 9.54. The molecule has 5 aliphatic carbocycles. The van der Waals surface area contributed by atoms with E-state index in [4.69, 9.17) is 6.57 Å². The Morgan fingerprint density at radius 2 is 1.60 bits per heavy atom. The first-order valence-corrected chi connectivity index (χ1v) is 16.9. The van der Waals surface area contributed by atoms with Crippen LogP contribution in [-0.4, -0.2) is 41.1 Å². The average Bonchev–Trinajstić information content (AvgIpc) is 2.93. The molecule has 0 unspecified atom stereocenters. The lowest BCUT2D eigenvalue weighted by Gasteiger charge is -2.69. The van der Waals surface area contributed by atoms with Gasteiger partial charge in [-0.3, -0.25) is 4.79 Å². The van der Waals surface area contributed by atoms with Gasteiger partial charge in [0.25, 0.3) is 0 Å². The van der Waals surface area contributed by atoms with E-state index in [0.29, 0.717) is 5.92 Å². The fourth-order valence-electron chi connectivity index (χ4n) is 11.3. The molecule has 1 heterocycles. The second-order valence-electron chi connectivity index (χ2n) is 17.5. The molecule has 6 nitrogen and oxygen atoms in total. The molecule has 4 fully saturated rings. The summed E-state index contributed by atoms with van der Waals surface area (Å²) in [7, 11) is 0. The number of allylic oxidation sites excluding steroid dienone is 4. The Labute approximate surface area is 259 Å². The van der Waals surface area contributed by atoms with Crippen molar-refractivity contribution in [3.05, 3.63) is 34.8 Å². The van der Waals surface area contributed by atoms with Gasteiger partial charge in [0, 0.05) is 35.4 Å². The van der Waals surface area contributed by atoms with Crippen molar-refractivity contribution in [1.82, 2.24) is 10.2 Å². The van der Waals surface area contributed by atoms with Gasteiger partial charge in [0.15, 0.2) is 11.6 Å². The van der Waals surface area contributed by atoms with Gasteiger partial charge < -0.3 is 15.0 Å². The minimum Gasteiger partial charge on any atom is -0.332 e. The summed E-state index contributed by atoms with van der Waals surface area (Å²) >= 11 is 0. The number of fused-ring (bicyclic) bond motifs is 7. The van der Waals surface area contributed by atoms with E-state index in [-0.39, 0.29) is 62.8 Å². The molecule has 2 amide bonds. The molecule has 234 valence electrons. The first kappa shape index (κ1) is 30.6. The van der Waals surface area contributed by atoms with Crippen LogP contribution in [0.1, 0.15) is 113 Å². The first-order valence-electron chi connectivity index (χ1n) is 16.9. The third-order valence-corrected chi connectivity index (χ3v) is 14.3. The van der Waals surface area contributed by atoms with Gasteiger partial charge in [0.1, 0.15) is 0 Å². The lowest BCUT2D eigenvalue weighted by Crippen LogP contribution is -2.70. The fourth-order valence-corrected chi connectivity index (χ4v) is 11.3. The molecule has 1 N–H and O–H groups in total. The Bertz CT molecular complexity index is 1360. The molecular weight excluding hydrogens is 534 g/mol. The Morgan fingerprint density at radius 1 is 0.953 bits per heavy atom. The molecule has 6 aliphatic rings. The third kappa shape index (κ3) is 4.18. The van der Waals surface area contributed by atoms with Gasteiger partial charge in [-0.25, -0.2) is 9.64 Å². The number of piperidine rings is 1. The minimum absolute atomic E-state index is 0.0492. The smallest absolute Gasteiger partial charge is 0.317 e. The Kier molecular flexibility index (Phi) is 6.79. The van der Waals surface area contributed by atoms with E-state index >= 15 is 0 Å². The number of hydrogen-bond donors (Lipinski definition) is 1. The van der Waals surface area contributed by atoms with Crippen molar-refractivity contribution < 1.29 is 14.4 Å². The van der Waals surface area contributed by atoms with E-state index in [9.17, 15) is 14.4 Å². The van der Waals surface area contributed by atoms with Crippen LogP contribution < -0.4 is 5.32 Å². The van der Waals surface area contributed by atoms with Crippen LogP contribution in [0.4, 0.5) is 4.79 Å². The van der Waals surface area contributed by atoms with Crippen molar-refractivity contribution in [2.24, 2.45) is 50.7 Å². The number of urea groups is 1. The van der Waals surface area contributed by atoms with Crippen molar-refractivity contribution in [1.29, 1.82) is 0 Å². The molecule has 0 aromatic rings. The maximum absolute atomic E-state index is 14.7. The number of hydrogen-bond acceptors (Lipinski definition) is 3. The number of Topliss-reactive ketones (excluding diaryl/α,β-unsaturated/α-hetero) is 1. The number of ketones is 2. The molecule has 6 rings (SSSR count). The number of carbonyl (C=O) groups is 3. The van der Waals surface area contributed by atoms with E-state index in [1.54, 1.807) is 0 Å². The molecule has 7 atom stereocenters. The molecule has 0 aromatic heterocycles. The van der Waals surface area contributed by atoms with E-state index < -0.39 is 10.8 Å². The standard InChI is InChI=1S/C37H53N3O3/c1-23-11-18-40(19-12-23)31(43)39-37-16-14-32(2,3)21-24(37)29-26(41)20-28-34(6)22-25(38-9)30(42)33(4,5)27(34)10-13-35(28,7)36(29,8)15-17-37/h20,22-24,27,29H,10-19,21H2,1-8H3,(H,39,43)/t24-,27-,29-,34-,35+,36+,37-/m0/s1. The molecule has 0 aromatic carbocycles. The number of nitrogens with zero attached hydrogens (tertiary/aromatic N) is 2. The number of nitrogens with one attached hydrogen (secondary N) is 1. The summed E-state index contributed by atoms with van der Waals surface area (Å²) < 4.78 is 0. The van der Waals surface area contributed by atoms with Crippen molar-refractivity contribution >= 4 is 17.6 Å². The van der Waals surface area contributed by atoms with Crippen LogP contribution in [0.3, 0.4) is 0 Å². The zero-order valence-electron chi connectivity index (χ0n) is 27.9. The Balaban J connectivity index is 1.43. The van der Waals surface area contributed by atoms with E-state index in [2.05, 4.69) is 51.7 Å². The van der Waals surface area contributed by atoms with Crippen LogP contribution in [0.5, 0.6) is 0 Å². The molecule has 0 radical (unpaired) electrons. The third-order valence-electron chi connectivity index (χ3n) is 14.3. The molecule has 3 saturated carbocycles. The highest BCUT2D eigenvalue weighted by Gasteiger charge is 2.70. The van der Waals surface area contributed by atoms with Gasteiger partial charge in [0.2, 0.25) is 5.70 Å². The van der Waals surface area contributed by atoms with E-state index in [1.165, 1.54) is 0 Å². The SMILES string of the molecule is [C-]#[N+]C1=C[C@]2(C)C3=CC(=O)[C@@H]4[C@@H]5CC(C)(C)CC[C@]5(NC(=O)N5CCC(C)CC5)CC[C@@]4(C)[C@]3(C)CC[C@H]2C(C)(C)C1=O. The Morgan fingerprint density at radius 3 is 2.26 bits per heavy atom. The van der Waals surface area contributed by atoms with Crippen molar-refractivity contribution in [2.45, 2.75) is 119 Å². The minimum atomic E-state index is -0.655. The quantitative estimate of drug-likeness (QED) is 0.319. The monoisotopic (exact) mass is 587 g/mol. The molecule has 43 heavy (non-hydrogen) atoms. The predicted molar refractivity (Wildman–Crippen MR) is 169 cm³/mol. The van der Waals surface area contributed by atoms with Crippen molar-refractivity contribution in [2.75, 3.05) is 13.1 Å². The van der Waals surface area contributed by atoms with Crippen LogP contribution in [0.15, 0.2) is 23.4 Å². The molecule has 6 heteroatoms. The van der Waals surface area contributed by atoms with Crippen LogP contribution in [0.2, 0.25) is 0 Å². The molecule has 0 spiro atoms.